The van der Waals surface area contributed by atoms with Gasteiger partial charge in [0.15, 0.2) is 0 Å². The predicted molar refractivity (Wildman–Crippen MR) is 48.5 cm³/mol. The molecular formula is C11H20. The second-order valence-electron chi connectivity index (χ2n) is 5.25. The van der Waals surface area contributed by atoms with Crippen LogP contribution in [0.5, 0.6) is 0 Å². The zero-order valence-electron chi connectivity index (χ0n) is 7.90. The second kappa shape index (κ2) is 2.50. The Hall–Kier alpha value is 0. The summed E-state index contributed by atoms with van der Waals surface area (Å²) in [6, 6.07) is 0. The molecule has 0 nitrogen and oxygen atoms in total. The van der Waals surface area contributed by atoms with E-state index in [0.717, 1.165) is 17.3 Å². The van der Waals surface area contributed by atoms with Crippen molar-refractivity contribution in [3.8, 4) is 0 Å². The molecule has 64 valence electrons. The molecule has 0 aliphatic heterocycles. The van der Waals surface area contributed by atoms with Gasteiger partial charge in [0.25, 0.3) is 0 Å². The standard InChI is InChI=1S/C11H20/c1-9(2)7-11(5-6-11)8-10-3-4-10/h9-10H,3-8H2,1-2H3. The van der Waals surface area contributed by atoms with E-state index in [9.17, 15) is 0 Å². The van der Waals surface area contributed by atoms with Gasteiger partial charge in [0, 0.05) is 0 Å². The first-order chi connectivity index (χ1) is 5.20. The third-order valence-electron chi connectivity index (χ3n) is 3.22. The maximum Gasteiger partial charge on any atom is -0.0292 e. The lowest BCUT2D eigenvalue weighted by atomic mass is 9.89. The van der Waals surface area contributed by atoms with Crippen LogP contribution in [0.1, 0.15) is 52.4 Å². The fourth-order valence-electron chi connectivity index (χ4n) is 2.47. The largest absolute Gasteiger partial charge is 0.0628 e. The zero-order valence-corrected chi connectivity index (χ0v) is 7.90. The van der Waals surface area contributed by atoms with E-state index in [1.165, 1.54) is 6.42 Å². The Bertz CT molecular complexity index is 132. The molecule has 0 aromatic carbocycles. The van der Waals surface area contributed by atoms with Gasteiger partial charge < -0.3 is 0 Å². The van der Waals surface area contributed by atoms with Crippen molar-refractivity contribution in [1.82, 2.24) is 0 Å². The lowest BCUT2D eigenvalue weighted by Gasteiger charge is -2.16. The molecule has 2 aliphatic carbocycles. The van der Waals surface area contributed by atoms with Gasteiger partial charge in [-0.25, -0.2) is 0 Å². The SMILES string of the molecule is CC(C)CC1(CC2CC2)CC1. The van der Waals surface area contributed by atoms with Crippen LogP contribution < -0.4 is 0 Å². The van der Waals surface area contributed by atoms with E-state index in [0.29, 0.717) is 0 Å². The third-order valence-corrected chi connectivity index (χ3v) is 3.22. The molecule has 0 saturated heterocycles. The highest BCUT2D eigenvalue weighted by atomic mass is 14.5. The molecule has 0 N–H and O–H groups in total. The molecule has 0 amide bonds. The number of rotatable bonds is 4. The summed E-state index contributed by atoms with van der Waals surface area (Å²) in [7, 11) is 0. The molecule has 0 aromatic rings. The summed E-state index contributed by atoms with van der Waals surface area (Å²) >= 11 is 0. The molecule has 2 fully saturated rings. The van der Waals surface area contributed by atoms with Crippen molar-refractivity contribution < 1.29 is 0 Å². The van der Waals surface area contributed by atoms with E-state index in [4.69, 9.17) is 0 Å². The average Bonchev–Trinajstić information content (AvgIpc) is 2.71. The quantitative estimate of drug-likeness (QED) is 0.577. The Labute approximate surface area is 70.4 Å². The summed E-state index contributed by atoms with van der Waals surface area (Å²) in [5.41, 5.74) is 0.856. The molecule has 0 atom stereocenters. The van der Waals surface area contributed by atoms with Crippen molar-refractivity contribution in [1.29, 1.82) is 0 Å². The van der Waals surface area contributed by atoms with Crippen LogP contribution in [0.15, 0.2) is 0 Å². The first-order valence-electron chi connectivity index (χ1n) is 5.20. The van der Waals surface area contributed by atoms with Gasteiger partial charge in [-0.15, -0.1) is 0 Å². The van der Waals surface area contributed by atoms with Crippen molar-refractivity contribution in [2.75, 3.05) is 0 Å². The van der Waals surface area contributed by atoms with E-state index in [2.05, 4.69) is 13.8 Å². The Morgan fingerprint density at radius 1 is 1.27 bits per heavy atom. The van der Waals surface area contributed by atoms with E-state index >= 15 is 0 Å². The van der Waals surface area contributed by atoms with Crippen molar-refractivity contribution >= 4 is 0 Å². The van der Waals surface area contributed by atoms with Crippen molar-refractivity contribution in [2.45, 2.75) is 52.4 Å². The molecule has 0 heterocycles. The molecule has 0 bridgehead atoms. The van der Waals surface area contributed by atoms with Gasteiger partial charge in [0.2, 0.25) is 0 Å². The lowest BCUT2D eigenvalue weighted by Crippen LogP contribution is -2.05. The molecule has 11 heavy (non-hydrogen) atoms. The highest BCUT2D eigenvalue weighted by Gasteiger charge is 2.45. The molecule has 2 rings (SSSR count). The Morgan fingerprint density at radius 2 is 1.91 bits per heavy atom. The monoisotopic (exact) mass is 152 g/mol. The van der Waals surface area contributed by atoms with Crippen LogP contribution in [0, 0.1) is 17.3 Å². The van der Waals surface area contributed by atoms with Gasteiger partial charge in [-0.3, -0.25) is 0 Å². The minimum absolute atomic E-state index is 0.856. The first kappa shape index (κ1) is 7.64. The molecule has 0 aromatic heterocycles. The van der Waals surface area contributed by atoms with Gasteiger partial charge in [-0.1, -0.05) is 26.7 Å². The van der Waals surface area contributed by atoms with Crippen molar-refractivity contribution in [3.63, 3.8) is 0 Å². The molecule has 0 radical (unpaired) electrons. The maximum atomic E-state index is 2.37. The summed E-state index contributed by atoms with van der Waals surface area (Å²) in [5.74, 6) is 2.08. The molecule has 0 spiro atoms. The number of hydrogen-bond donors (Lipinski definition) is 0. The Morgan fingerprint density at radius 3 is 2.27 bits per heavy atom. The molecule has 0 unspecified atom stereocenters. The molecular weight excluding hydrogens is 132 g/mol. The molecule has 2 aliphatic rings. The van der Waals surface area contributed by atoms with Crippen LogP contribution in [-0.4, -0.2) is 0 Å². The third kappa shape index (κ3) is 1.98. The summed E-state index contributed by atoms with van der Waals surface area (Å²) in [6.07, 6.45) is 9.25. The van der Waals surface area contributed by atoms with Gasteiger partial charge in [-0.2, -0.15) is 0 Å². The van der Waals surface area contributed by atoms with E-state index in [1.807, 2.05) is 0 Å². The van der Waals surface area contributed by atoms with E-state index < -0.39 is 0 Å². The van der Waals surface area contributed by atoms with Gasteiger partial charge in [0.05, 0.1) is 0 Å². The minimum Gasteiger partial charge on any atom is -0.0628 e. The van der Waals surface area contributed by atoms with Crippen LogP contribution >= 0.6 is 0 Å². The smallest absolute Gasteiger partial charge is 0.0292 e. The zero-order chi connectivity index (χ0) is 7.90. The van der Waals surface area contributed by atoms with Crippen LogP contribution in [0.3, 0.4) is 0 Å². The second-order valence-corrected chi connectivity index (χ2v) is 5.25. The van der Waals surface area contributed by atoms with Crippen LogP contribution in [0.25, 0.3) is 0 Å². The minimum atomic E-state index is 0.856. The van der Waals surface area contributed by atoms with E-state index in [-0.39, 0.29) is 0 Å². The van der Waals surface area contributed by atoms with Crippen molar-refractivity contribution in [2.24, 2.45) is 17.3 Å². The maximum absolute atomic E-state index is 2.37. The summed E-state index contributed by atoms with van der Waals surface area (Å²) < 4.78 is 0. The lowest BCUT2D eigenvalue weighted by molar-refractivity contribution is 0.347. The van der Waals surface area contributed by atoms with Gasteiger partial charge in [-0.05, 0) is 42.9 Å². The normalized spacial score (nSPS) is 27.5. The highest BCUT2D eigenvalue weighted by Crippen LogP contribution is 2.58. The fourth-order valence-corrected chi connectivity index (χ4v) is 2.47. The van der Waals surface area contributed by atoms with Crippen LogP contribution in [0.4, 0.5) is 0 Å². The van der Waals surface area contributed by atoms with Crippen LogP contribution in [0.2, 0.25) is 0 Å². The van der Waals surface area contributed by atoms with Gasteiger partial charge >= 0.3 is 0 Å². The topological polar surface area (TPSA) is 0 Å². The Kier molecular flexibility index (Phi) is 1.74. The summed E-state index contributed by atoms with van der Waals surface area (Å²) in [6.45, 7) is 4.74. The highest BCUT2D eigenvalue weighted by molar-refractivity contribution is 4.97. The average molecular weight is 152 g/mol. The first-order valence-corrected chi connectivity index (χ1v) is 5.20. The fraction of sp³-hybridized carbons (Fsp3) is 1.00. The van der Waals surface area contributed by atoms with Gasteiger partial charge in [0.1, 0.15) is 0 Å². The predicted octanol–water partition coefficient (Wildman–Crippen LogP) is 3.61. The molecule has 2 saturated carbocycles. The Balaban J connectivity index is 1.78. The summed E-state index contributed by atoms with van der Waals surface area (Å²) in [4.78, 5) is 0. The summed E-state index contributed by atoms with van der Waals surface area (Å²) in [5, 5.41) is 0. The van der Waals surface area contributed by atoms with E-state index in [1.54, 1.807) is 32.1 Å². The van der Waals surface area contributed by atoms with Crippen LogP contribution in [-0.2, 0) is 0 Å². The molecule has 0 heteroatoms. The van der Waals surface area contributed by atoms with Crippen molar-refractivity contribution in [3.05, 3.63) is 0 Å². The number of hydrogen-bond acceptors (Lipinski definition) is 0.